The zero-order valence-electron chi connectivity index (χ0n) is 17.3. The molecule has 0 N–H and O–H groups in total. The number of aromatic nitrogens is 3. The number of halogens is 1. The molecular weight excluding hydrogens is 464 g/mol. The summed E-state index contributed by atoms with van der Waals surface area (Å²) in [7, 11) is 3.02. The number of nitro benzene ring substituents is 1. The van der Waals surface area contributed by atoms with E-state index >= 15 is 0 Å². The van der Waals surface area contributed by atoms with Crippen molar-refractivity contribution in [3.05, 3.63) is 89.1 Å². The second-order valence-electron chi connectivity index (χ2n) is 7.52. The molecule has 2 aromatic carbocycles. The van der Waals surface area contributed by atoms with Crippen molar-refractivity contribution >= 4 is 32.5 Å². The lowest BCUT2D eigenvalue weighted by Crippen LogP contribution is -2.36. The van der Waals surface area contributed by atoms with Crippen LogP contribution in [-0.2, 0) is 14.1 Å². The summed E-state index contributed by atoms with van der Waals surface area (Å²) in [5.41, 5.74) is 3.26. The van der Waals surface area contributed by atoms with Gasteiger partial charge in [0.15, 0.2) is 0 Å². The maximum atomic E-state index is 13.2. The fourth-order valence-corrected chi connectivity index (χ4v) is 4.31. The molecule has 158 valence electrons. The van der Waals surface area contributed by atoms with E-state index in [-0.39, 0.29) is 5.69 Å². The molecule has 0 atom stereocenters. The topological polar surface area (TPSA) is 92.1 Å². The molecule has 0 bridgehead atoms. The van der Waals surface area contributed by atoms with E-state index in [0.29, 0.717) is 26.6 Å². The average molecular weight is 483 g/mol. The van der Waals surface area contributed by atoms with Crippen LogP contribution in [0.1, 0.15) is 11.1 Å². The minimum absolute atomic E-state index is 0.0960. The van der Waals surface area contributed by atoms with Gasteiger partial charge in [-0.1, -0.05) is 33.6 Å². The van der Waals surface area contributed by atoms with Crippen LogP contribution >= 0.6 is 15.9 Å². The molecule has 0 saturated heterocycles. The van der Waals surface area contributed by atoms with E-state index in [9.17, 15) is 19.7 Å². The molecule has 4 rings (SSSR count). The van der Waals surface area contributed by atoms with Gasteiger partial charge in [0.1, 0.15) is 0 Å². The molecule has 0 saturated carbocycles. The van der Waals surface area contributed by atoms with Crippen LogP contribution in [0.3, 0.4) is 0 Å². The summed E-state index contributed by atoms with van der Waals surface area (Å²) in [6.45, 7) is 3.94. The number of hydrogen-bond donors (Lipinski definition) is 0. The van der Waals surface area contributed by atoms with Gasteiger partial charge in [-0.2, -0.15) is 0 Å². The monoisotopic (exact) mass is 482 g/mol. The molecule has 0 spiro atoms. The van der Waals surface area contributed by atoms with Gasteiger partial charge in [-0.3, -0.25) is 24.0 Å². The summed E-state index contributed by atoms with van der Waals surface area (Å²) in [5, 5.41) is 11.7. The maximum absolute atomic E-state index is 13.2. The summed E-state index contributed by atoms with van der Waals surface area (Å²) >= 11 is 3.49. The van der Waals surface area contributed by atoms with Gasteiger partial charge in [0.25, 0.3) is 11.2 Å². The highest BCUT2D eigenvalue weighted by molar-refractivity contribution is 9.10. The Bertz CT molecular complexity index is 1510. The van der Waals surface area contributed by atoms with Crippen LogP contribution in [0, 0.1) is 24.0 Å². The first-order valence-corrected chi connectivity index (χ1v) is 10.2. The second-order valence-corrected chi connectivity index (χ2v) is 8.38. The predicted octanol–water partition coefficient (Wildman–Crippen LogP) is 3.98. The van der Waals surface area contributed by atoms with Crippen molar-refractivity contribution in [2.45, 2.75) is 13.8 Å². The van der Waals surface area contributed by atoms with Crippen LogP contribution in [-0.4, -0.2) is 18.6 Å². The lowest BCUT2D eigenvalue weighted by atomic mass is 10.1. The Morgan fingerprint density at radius 1 is 1.00 bits per heavy atom. The first-order valence-electron chi connectivity index (χ1n) is 9.44. The van der Waals surface area contributed by atoms with Crippen molar-refractivity contribution in [1.29, 1.82) is 0 Å². The highest BCUT2D eigenvalue weighted by atomic mass is 79.9. The fraction of sp³-hybridized carbons (Fsp3) is 0.182. The van der Waals surface area contributed by atoms with Gasteiger partial charge in [-0.25, -0.2) is 4.79 Å². The largest absolute Gasteiger partial charge is 0.330 e. The van der Waals surface area contributed by atoms with Crippen molar-refractivity contribution in [3.8, 4) is 16.9 Å². The number of aryl methyl sites for hydroxylation is 3. The molecule has 2 aromatic heterocycles. The van der Waals surface area contributed by atoms with E-state index < -0.39 is 16.2 Å². The van der Waals surface area contributed by atoms with Crippen molar-refractivity contribution in [2.24, 2.45) is 14.1 Å². The Kier molecular flexibility index (Phi) is 4.93. The standard InChI is InChI=1S/C22H19BrN4O4/c1-12-5-8-17(13(2)9-12)26-11-18-19(21(28)25(4)22(29)24(18)3)20(26)15-10-14(27(30)31)6-7-16(15)23/h5-11H,1-4H3. The van der Waals surface area contributed by atoms with Gasteiger partial charge in [-0.15, -0.1) is 0 Å². The molecule has 8 nitrogen and oxygen atoms in total. The predicted molar refractivity (Wildman–Crippen MR) is 123 cm³/mol. The molecular formula is C22H19BrN4O4. The minimum Gasteiger partial charge on any atom is -0.313 e. The molecule has 0 amide bonds. The van der Waals surface area contributed by atoms with E-state index in [1.54, 1.807) is 19.3 Å². The SMILES string of the molecule is Cc1ccc(-n2cc3c(c2-c2cc([N+](=O)[O-])ccc2Br)c(=O)n(C)c(=O)n3C)c(C)c1. The van der Waals surface area contributed by atoms with Gasteiger partial charge >= 0.3 is 5.69 Å². The summed E-state index contributed by atoms with van der Waals surface area (Å²) < 4.78 is 4.87. The fourth-order valence-electron chi connectivity index (χ4n) is 3.88. The molecule has 0 aliphatic carbocycles. The van der Waals surface area contributed by atoms with Crippen molar-refractivity contribution < 1.29 is 4.92 Å². The summed E-state index contributed by atoms with van der Waals surface area (Å²) in [4.78, 5) is 36.7. The van der Waals surface area contributed by atoms with Crippen LogP contribution < -0.4 is 11.2 Å². The third-order valence-electron chi connectivity index (χ3n) is 5.47. The number of benzene rings is 2. The maximum Gasteiger partial charge on any atom is 0.330 e. The molecule has 0 aliphatic heterocycles. The Labute approximate surface area is 185 Å². The van der Waals surface area contributed by atoms with Crippen molar-refractivity contribution in [3.63, 3.8) is 0 Å². The average Bonchev–Trinajstić information content (AvgIpc) is 3.11. The Morgan fingerprint density at radius 2 is 1.71 bits per heavy atom. The van der Waals surface area contributed by atoms with E-state index in [2.05, 4.69) is 15.9 Å². The van der Waals surface area contributed by atoms with E-state index in [0.717, 1.165) is 21.4 Å². The summed E-state index contributed by atoms with van der Waals surface area (Å²) in [6, 6.07) is 10.3. The molecule has 4 aromatic rings. The number of non-ortho nitro benzene ring substituents is 1. The Morgan fingerprint density at radius 3 is 2.35 bits per heavy atom. The highest BCUT2D eigenvalue weighted by Gasteiger charge is 2.23. The van der Waals surface area contributed by atoms with Crippen molar-refractivity contribution in [2.75, 3.05) is 0 Å². The molecule has 0 radical (unpaired) electrons. The van der Waals surface area contributed by atoms with Gasteiger partial charge in [-0.05, 0) is 31.5 Å². The minimum atomic E-state index is -0.476. The van der Waals surface area contributed by atoms with E-state index in [1.807, 2.05) is 36.6 Å². The molecule has 0 aliphatic rings. The van der Waals surface area contributed by atoms with E-state index in [1.165, 1.54) is 23.7 Å². The highest BCUT2D eigenvalue weighted by Crippen LogP contribution is 2.38. The van der Waals surface area contributed by atoms with E-state index in [4.69, 9.17) is 0 Å². The lowest BCUT2D eigenvalue weighted by Gasteiger charge is -2.14. The molecule has 2 heterocycles. The third-order valence-corrected chi connectivity index (χ3v) is 6.16. The summed E-state index contributed by atoms with van der Waals surface area (Å²) in [6.07, 6.45) is 1.73. The van der Waals surface area contributed by atoms with Crippen LogP contribution in [0.2, 0.25) is 0 Å². The third kappa shape index (κ3) is 3.21. The zero-order chi connectivity index (χ0) is 22.6. The number of fused-ring (bicyclic) bond motifs is 1. The molecule has 9 heteroatoms. The van der Waals surface area contributed by atoms with Crippen LogP contribution in [0.15, 0.2) is 56.7 Å². The van der Waals surface area contributed by atoms with Crippen LogP contribution in [0.25, 0.3) is 27.8 Å². The van der Waals surface area contributed by atoms with Gasteiger partial charge in [0, 0.05) is 48.1 Å². The first-order chi connectivity index (χ1) is 14.6. The first kappa shape index (κ1) is 20.8. The second kappa shape index (κ2) is 7.35. The normalized spacial score (nSPS) is 11.3. The number of nitro groups is 1. The number of nitrogens with zero attached hydrogens (tertiary/aromatic N) is 4. The Balaban J connectivity index is 2.25. The van der Waals surface area contributed by atoms with Gasteiger partial charge in [0.2, 0.25) is 0 Å². The number of rotatable bonds is 3. The smallest absolute Gasteiger partial charge is 0.313 e. The molecule has 0 fully saturated rings. The van der Waals surface area contributed by atoms with Gasteiger partial charge < -0.3 is 4.57 Å². The number of hydrogen-bond acceptors (Lipinski definition) is 4. The zero-order valence-corrected chi connectivity index (χ0v) is 18.9. The van der Waals surface area contributed by atoms with Gasteiger partial charge in [0.05, 0.1) is 21.5 Å². The molecule has 0 unspecified atom stereocenters. The van der Waals surface area contributed by atoms with Crippen molar-refractivity contribution in [1.82, 2.24) is 13.7 Å². The van der Waals surface area contributed by atoms with Crippen LogP contribution in [0.4, 0.5) is 5.69 Å². The molecule has 31 heavy (non-hydrogen) atoms. The summed E-state index contributed by atoms with van der Waals surface area (Å²) in [5.74, 6) is 0. The van der Waals surface area contributed by atoms with Crippen LogP contribution in [0.5, 0.6) is 0 Å². The Hall–Kier alpha value is -3.46. The lowest BCUT2D eigenvalue weighted by molar-refractivity contribution is -0.384. The quantitative estimate of drug-likeness (QED) is 0.326.